The molecule has 6 heteroatoms. The molecule has 1 saturated heterocycles. The number of para-hydroxylation sites is 2. The van der Waals surface area contributed by atoms with Gasteiger partial charge in [0, 0.05) is 38.1 Å². The third-order valence-corrected chi connectivity index (χ3v) is 6.78. The summed E-state index contributed by atoms with van der Waals surface area (Å²) in [6, 6.07) is 23.6. The second-order valence-corrected chi connectivity index (χ2v) is 9.51. The molecule has 1 aliphatic rings. The lowest BCUT2D eigenvalue weighted by molar-refractivity contribution is -0.116. The molecule has 1 aliphatic heterocycles. The van der Waals surface area contributed by atoms with Crippen molar-refractivity contribution < 1.29 is 9.59 Å². The number of carbonyl (C=O) groups excluding carboxylic acids is 2. The molecule has 38 heavy (non-hydrogen) atoms. The number of piperidine rings is 1. The van der Waals surface area contributed by atoms with Crippen molar-refractivity contribution in [1.29, 1.82) is 0 Å². The van der Waals surface area contributed by atoms with Gasteiger partial charge in [-0.2, -0.15) is 0 Å². The van der Waals surface area contributed by atoms with E-state index in [4.69, 9.17) is 0 Å². The number of anilines is 2. The standard InChI is InChI=1S/C32H36N4O2/c37-31(19-8-7-13-28-14-11-22-33-26-28)34-23-10-9-12-27-20-24-35(25-21-27)32(38)36(29-15-3-1-4-16-29)30-17-5-2-6-18-30/h1-8,11,13-19,22,26-27H,9-10,12,20-21,23-25H2,(H,34,37)/b13-7+,19-8+. The van der Waals surface area contributed by atoms with E-state index in [2.05, 4.69) is 10.3 Å². The molecule has 6 nitrogen and oxygen atoms in total. The summed E-state index contributed by atoms with van der Waals surface area (Å²) in [5.74, 6) is 0.545. The van der Waals surface area contributed by atoms with E-state index in [1.807, 2.05) is 94.7 Å². The number of pyridine rings is 1. The average molecular weight is 509 g/mol. The molecule has 1 aromatic heterocycles. The summed E-state index contributed by atoms with van der Waals surface area (Å²) in [6.45, 7) is 2.22. The summed E-state index contributed by atoms with van der Waals surface area (Å²) in [4.78, 5) is 33.4. The lowest BCUT2D eigenvalue weighted by atomic mass is 9.91. The predicted octanol–water partition coefficient (Wildman–Crippen LogP) is 6.61. The zero-order valence-electron chi connectivity index (χ0n) is 21.8. The van der Waals surface area contributed by atoms with Crippen LogP contribution < -0.4 is 10.2 Å². The Morgan fingerprint density at radius 2 is 1.58 bits per heavy atom. The minimum atomic E-state index is -0.0750. The maximum Gasteiger partial charge on any atom is 0.329 e. The van der Waals surface area contributed by atoms with Crippen LogP contribution in [0.4, 0.5) is 16.2 Å². The van der Waals surface area contributed by atoms with Crippen molar-refractivity contribution >= 4 is 29.4 Å². The van der Waals surface area contributed by atoms with E-state index >= 15 is 0 Å². The fraction of sp³-hybridized carbons (Fsp3) is 0.281. The third-order valence-electron chi connectivity index (χ3n) is 6.78. The van der Waals surface area contributed by atoms with E-state index in [9.17, 15) is 9.59 Å². The smallest absolute Gasteiger partial charge is 0.329 e. The van der Waals surface area contributed by atoms with Crippen LogP contribution in [0.2, 0.25) is 0 Å². The SMILES string of the molecule is O=C(/C=C/C=C/c1cccnc1)NCCCCC1CCN(C(=O)N(c2ccccc2)c2ccccc2)CC1. The second kappa shape index (κ2) is 14.5. The molecule has 196 valence electrons. The Morgan fingerprint density at radius 3 is 2.21 bits per heavy atom. The molecule has 1 fully saturated rings. The minimum absolute atomic E-state index is 0.0342. The van der Waals surface area contributed by atoms with Crippen molar-refractivity contribution in [2.45, 2.75) is 32.1 Å². The maximum atomic E-state index is 13.5. The Bertz CT molecular complexity index is 1150. The molecule has 0 aliphatic carbocycles. The predicted molar refractivity (Wildman–Crippen MR) is 154 cm³/mol. The van der Waals surface area contributed by atoms with Crippen LogP contribution in [-0.4, -0.2) is 41.5 Å². The highest BCUT2D eigenvalue weighted by Gasteiger charge is 2.27. The molecule has 0 spiro atoms. The minimum Gasteiger partial charge on any atom is -0.353 e. The van der Waals surface area contributed by atoms with Crippen molar-refractivity contribution in [3.63, 3.8) is 0 Å². The van der Waals surface area contributed by atoms with Gasteiger partial charge in [0.2, 0.25) is 5.91 Å². The van der Waals surface area contributed by atoms with Gasteiger partial charge in [0.15, 0.2) is 0 Å². The first-order valence-corrected chi connectivity index (χ1v) is 13.4. The molecule has 1 N–H and O–H groups in total. The van der Waals surface area contributed by atoms with Gasteiger partial charge in [-0.05, 0) is 61.1 Å². The molecule has 0 bridgehead atoms. The molecule has 4 rings (SSSR count). The fourth-order valence-electron chi connectivity index (χ4n) is 4.69. The summed E-state index contributed by atoms with van der Waals surface area (Å²) in [5.41, 5.74) is 2.76. The van der Waals surface area contributed by atoms with Crippen LogP contribution in [0.25, 0.3) is 6.08 Å². The number of likely N-dealkylation sites (tertiary alicyclic amines) is 1. The second-order valence-electron chi connectivity index (χ2n) is 9.51. The molecular formula is C32H36N4O2. The first-order chi connectivity index (χ1) is 18.7. The molecule has 3 amide bonds. The number of benzene rings is 2. The van der Waals surface area contributed by atoms with Crippen molar-refractivity contribution in [3.05, 3.63) is 109 Å². The molecule has 2 aromatic carbocycles. The third kappa shape index (κ3) is 8.17. The Hall–Kier alpha value is -4.19. The van der Waals surface area contributed by atoms with Gasteiger partial charge in [0.05, 0.1) is 11.4 Å². The van der Waals surface area contributed by atoms with Gasteiger partial charge in [-0.15, -0.1) is 0 Å². The molecule has 0 radical (unpaired) electrons. The highest BCUT2D eigenvalue weighted by Crippen LogP contribution is 2.29. The molecule has 0 unspecified atom stereocenters. The Kier molecular flexibility index (Phi) is 10.3. The van der Waals surface area contributed by atoms with Crippen molar-refractivity contribution in [2.75, 3.05) is 24.5 Å². The Labute approximate surface area is 225 Å². The molecular weight excluding hydrogens is 472 g/mol. The van der Waals surface area contributed by atoms with Crippen LogP contribution in [-0.2, 0) is 4.79 Å². The van der Waals surface area contributed by atoms with Gasteiger partial charge in [0.25, 0.3) is 0 Å². The zero-order chi connectivity index (χ0) is 26.4. The van der Waals surface area contributed by atoms with Crippen LogP contribution >= 0.6 is 0 Å². The Balaban J connectivity index is 1.15. The topological polar surface area (TPSA) is 65.5 Å². The maximum absolute atomic E-state index is 13.5. The first kappa shape index (κ1) is 26.9. The van der Waals surface area contributed by atoms with E-state index in [-0.39, 0.29) is 11.9 Å². The summed E-state index contributed by atoms with van der Waals surface area (Å²) in [6.07, 6.45) is 15.7. The van der Waals surface area contributed by atoms with E-state index in [0.29, 0.717) is 12.5 Å². The van der Waals surface area contributed by atoms with E-state index < -0.39 is 0 Å². The van der Waals surface area contributed by atoms with Crippen LogP contribution in [0.1, 0.15) is 37.7 Å². The van der Waals surface area contributed by atoms with Gasteiger partial charge >= 0.3 is 6.03 Å². The number of hydrogen-bond acceptors (Lipinski definition) is 3. The number of nitrogens with zero attached hydrogens (tertiary/aromatic N) is 3. The number of rotatable bonds is 10. The van der Waals surface area contributed by atoms with Gasteiger partial charge in [-0.1, -0.05) is 73.5 Å². The Morgan fingerprint density at radius 1 is 0.895 bits per heavy atom. The number of hydrogen-bond donors (Lipinski definition) is 1. The summed E-state index contributed by atoms with van der Waals surface area (Å²) in [7, 11) is 0. The fourth-order valence-corrected chi connectivity index (χ4v) is 4.69. The first-order valence-electron chi connectivity index (χ1n) is 13.4. The zero-order valence-corrected chi connectivity index (χ0v) is 21.8. The summed E-state index contributed by atoms with van der Waals surface area (Å²) < 4.78 is 0. The monoisotopic (exact) mass is 508 g/mol. The van der Waals surface area contributed by atoms with Gasteiger partial charge in [-0.25, -0.2) is 4.79 Å². The highest BCUT2D eigenvalue weighted by molar-refractivity contribution is 5.99. The van der Waals surface area contributed by atoms with Crippen LogP contribution in [0.3, 0.4) is 0 Å². The lowest BCUT2D eigenvalue weighted by Gasteiger charge is -2.36. The number of allylic oxidation sites excluding steroid dienone is 2. The largest absolute Gasteiger partial charge is 0.353 e. The number of urea groups is 1. The molecule has 0 saturated carbocycles. The normalized spacial score (nSPS) is 14.2. The van der Waals surface area contributed by atoms with Gasteiger partial charge < -0.3 is 10.2 Å². The van der Waals surface area contributed by atoms with E-state index in [1.165, 1.54) is 0 Å². The number of unbranched alkanes of at least 4 members (excludes halogenated alkanes) is 1. The van der Waals surface area contributed by atoms with Crippen LogP contribution in [0.15, 0.2) is 103 Å². The lowest BCUT2D eigenvalue weighted by Crippen LogP contribution is -2.45. The molecule has 3 aromatic rings. The number of nitrogens with one attached hydrogen (secondary N) is 1. The highest BCUT2D eigenvalue weighted by atomic mass is 16.2. The van der Waals surface area contributed by atoms with Crippen molar-refractivity contribution in [3.8, 4) is 0 Å². The van der Waals surface area contributed by atoms with Crippen LogP contribution in [0, 0.1) is 5.92 Å². The molecule has 0 atom stereocenters. The molecule has 2 heterocycles. The van der Waals surface area contributed by atoms with Crippen molar-refractivity contribution in [2.24, 2.45) is 5.92 Å². The number of amides is 3. The number of carbonyl (C=O) groups is 2. The van der Waals surface area contributed by atoms with Crippen LogP contribution in [0.5, 0.6) is 0 Å². The quantitative estimate of drug-likeness (QED) is 0.190. The summed E-state index contributed by atoms with van der Waals surface area (Å²) in [5, 5.41) is 2.95. The van der Waals surface area contributed by atoms with Gasteiger partial charge in [0.1, 0.15) is 0 Å². The van der Waals surface area contributed by atoms with E-state index in [1.54, 1.807) is 24.5 Å². The van der Waals surface area contributed by atoms with Crippen molar-refractivity contribution in [1.82, 2.24) is 15.2 Å². The number of aromatic nitrogens is 1. The average Bonchev–Trinajstić information content (AvgIpc) is 2.97. The summed E-state index contributed by atoms with van der Waals surface area (Å²) >= 11 is 0. The van der Waals surface area contributed by atoms with Gasteiger partial charge in [-0.3, -0.25) is 14.7 Å². The van der Waals surface area contributed by atoms with E-state index in [0.717, 1.165) is 62.1 Å².